The Bertz CT molecular complexity index is 632. The molecule has 2 rings (SSSR count). The van der Waals surface area contributed by atoms with Crippen LogP contribution in [0, 0.1) is 5.82 Å². The minimum atomic E-state index is -0.389. The first-order valence-corrected chi connectivity index (χ1v) is 7.95. The van der Waals surface area contributed by atoms with Crippen LogP contribution in [-0.4, -0.2) is 42.8 Å². The molecule has 1 aromatic rings. The largest absolute Gasteiger partial charge is 0.366 e. The highest BCUT2D eigenvalue weighted by Crippen LogP contribution is 2.22. The summed E-state index contributed by atoms with van der Waals surface area (Å²) in [6.45, 7) is 7.57. The lowest BCUT2D eigenvalue weighted by molar-refractivity contribution is -0.127. The Morgan fingerprint density at radius 3 is 2.35 bits per heavy atom. The number of allylic oxidation sites excluding steroid dienone is 1. The summed E-state index contributed by atoms with van der Waals surface area (Å²) >= 11 is 0. The average molecular weight is 318 g/mol. The summed E-state index contributed by atoms with van der Waals surface area (Å²) in [6, 6.07) is 4.57. The molecule has 23 heavy (non-hydrogen) atoms. The van der Waals surface area contributed by atoms with Gasteiger partial charge in [-0.25, -0.2) is 4.39 Å². The van der Waals surface area contributed by atoms with Gasteiger partial charge in [-0.1, -0.05) is 13.0 Å². The van der Waals surface area contributed by atoms with Crippen molar-refractivity contribution in [2.75, 3.05) is 31.1 Å². The zero-order chi connectivity index (χ0) is 17.0. The van der Waals surface area contributed by atoms with Crippen LogP contribution in [-0.2, 0) is 4.79 Å². The van der Waals surface area contributed by atoms with Gasteiger partial charge in [0.1, 0.15) is 5.82 Å². The Kier molecular flexibility index (Phi) is 5.53. The third-order valence-corrected chi connectivity index (χ3v) is 4.11. The molecule has 1 saturated heterocycles. The summed E-state index contributed by atoms with van der Waals surface area (Å²) < 4.78 is 14.2. The predicted molar refractivity (Wildman–Crippen MR) is 89.2 cm³/mol. The Morgan fingerprint density at radius 1 is 1.17 bits per heavy atom. The topological polar surface area (TPSA) is 40.6 Å². The normalized spacial score (nSPS) is 15.7. The fourth-order valence-electron chi connectivity index (χ4n) is 2.78. The van der Waals surface area contributed by atoms with Crippen molar-refractivity contribution < 1.29 is 14.0 Å². The molecule has 1 amide bonds. The fourth-order valence-corrected chi connectivity index (χ4v) is 2.78. The second-order valence-electron chi connectivity index (χ2n) is 5.80. The number of nitrogens with zero attached hydrogens (tertiary/aromatic N) is 2. The molecule has 0 radical (unpaired) electrons. The van der Waals surface area contributed by atoms with Gasteiger partial charge in [0.2, 0.25) is 5.91 Å². The molecule has 0 aromatic heterocycles. The van der Waals surface area contributed by atoms with Crippen molar-refractivity contribution in [1.82, 2.24) is 4.90 Å². The monoisotopic (exact) mass is 318 g/mol. The lowest BCUT2D eigenvalue weighted by Crippen LogP contribution is -2.49. The molecule has 1 fully saturated rings. The smallest absolute Gasteiger partial charge is 0.249 e. The van der Waals surface area contributed by atoms with Gasteiger partial charge < -0.3 is 9.80 Å². The van der Waals surface area contributed by atoms with Gasteiger partial charge in [0.05, 0.1) is 5.69 Å². The van der Waals surface area contributed by atoms with E-state index in [1.165, 1.54) is 13.0 Å². The number of carbonyl (C=O) groups excluding carboxylic acids is 2. The summed E-state index contributed by atoms with van der Waals surface area (Å²) in [5.74, 6) is -0.484. The number of hydrogen-bond acceptors (Lipinski definition) is 3. The van der Waals surface area contributed by atoms with E-state index in [-0.39, 0.29) is 17.5 Å². The Hall–Kier alpha value is -2.17. The number of carbonyl (C=O) groups is 2. The van der Waals surface area contributed by atoms with Crippen LogP contribution in [0.4, 0.5) is 10.1 Å². The van der Waals surface area contributed by atoms with Gasteiger partial charge in [-0.3, -0.25) is 9.59 Å². The quantitative estimate of drug-likeness (QED) is 0.633. The number of Topliss-reactive ketones (excluding diaryl/α,β-unsaturated/α-hetero) is 1. The molecule has 0 spiro atoms. The highest BCUT2D eigenvalue weighted by Gasteiger charge is 2.23. The van der Waals surface area contributed by atoms with Gasteiger partial charge in [0.25, 0.3) is 0 Å². The summed E-state index contributed by atoms with van der Waals surface area (Å²) in [5.41, 5.74) is 1.63. The zero-order valence-corrected chi connectivity index (χ0v) is 13.9. The Labute approximate surface area is 136 Å². The second kappa shape index (κ2) is 7.40. The zero-order valence-electron chi connectivity index (χ0n) is 13.9. The first-order valence-electron chi connectivity index (χ1n) is 7.95. The highest BCUT2D eigenvalue weighted by atomic mass is 19.1. The van der Waals surface area contributed by atoms with Gasteiger partial charge in [-0.05, 0) is 38.5 Å². The number of piperazine rings is 1. The van der Waals surface area contributed by atoms with E-state index in [1.807, 2.05) is 24.8 Å². The van der Waals surface area contributed by atoms with Crippen molar-refractivity contribution in [3.8, 4) is 0 Å². The van der Waals surface area contributed by atoms with Crippen molar-refractivity contribution >= 4 is 17.4 Å². The van der Waals surface area contributed by atoms with E-state index in [4.69, 9.17) is 0 Å². The minimum Gasteiger partial charge on any atom is -0.366 e. The van der Waals surface area contributed by atoms with E-state index >= 15 is 0 Å². The maximum atomic E-state index is 14.2. The molecule has 1 aliphatic rings. The van der Waals surface area contributed by atoms with Crippen molar-refractivity contribution in [3.05, 3.63) is 41.2 Å². The lowest BCUT2D eigenvalue weighted by atomic mass is 10.1. The molecule has 1 heterocycles. The van der Waals surface area contributed by atoms with E-state index in [2.05, 4.69) is 0 Å². The number of amides is 1. The summed E-state index contributed by atoms with van der Waals surface area (Å²) in [4.78, 5) is 27.3. The van der Waals surface area contributed by atoms with Crippen molar-refractivity contribution in [2.45, 2.75) is 27.2 Å². The van der Waals surface area contributed by atoms with Crippen molar-refractivity contribution in [2.24, 2.45) is 0 Å². The standard InChI is InChI=1S/C18H23FN2O2/c1-4-5-13(2)18(23)21-10-8-20(9-11-21)17-7-6-15(14(3)22)12-16(17)19/h5-7,12H,4,8-11H2,1-3H3/b13-5-. The fraction of sp³-hybridized carbons (Fsp3) is 0.444. The molecule has 0 saturated carbocycles. The molecule has 0 unspecified atom stereocenters. The molecule has 124 valence electrons. The maximum Gasteiger partial charge on any atom is 0.249 e. The molecule has 0 aliphatic carbocycles. The molecule has 5 heteroatoms. The molecule has 0 bridgehead atoms. The molecule has 0 atom stereocenters. The van der Waals surface area contributed by atoms with Gasteiger partial charge in [-0.15, -0.1) is 0 Å². The van der Waals surface area contributed by atoms with Gasteiger partial charge in [0.15, 0.2) is 5.78 Å². The third kappa shape index (κ3) is 3.97. The van der Waals surface area contributed by atoms with E-state index in [1.54, 1.807) is 17.0 Å². The van der Waals surface area contributed by atoms with Gasteiger partial charge in [-0.2, -0.15) is 0 Å². The van der Waals surface area contributed by atoms with Crippen LogP contribution in [0.15, 0.2) is 29.8 Å². The molecule has 0 N–H and O–H groups in total. The summed E-state index contributed by atoms with van der Waals surface area (Å²) in [6.07, 6.45) is 2.76. The van der Waals surface area contributed by atoms with E-state index in [0.29, 0.717) is 37.4 Å². The van der Waals surface area contributed by atoms with Crippen LogP contribution < -0.4 is 4.90 Å². The van der Waals surface area contributed by atoms with E-state index in [0.717, 1.165) is 12.0 Å². The number of ketones is 1. The van der Waals surface area contributed by atoms with Crippen LogP contribution in [0.5, 0.6) is 0 Å². The van der Waals surface area contributed by atoms with Gasteiger partial charge >= 0.3 is 0 Å². The third-order valence-electron chi connectivity index (χ3n) is 4.11. The first kappa shape index (κ1) is 17.2. The van der Waals surface area contributed by atoms with Crippen molar-refractivity contribution in [3.63, 3.8) is 0 Å². The number of rotatable bonds is 4. The van der Waals surface area contributed by atoms with E-state index in [9.17, 15) is 14.0 Å². The number of hydrogen-bond donors (Lipinski definition) is 0. The van der Waals surface area contributed by atoms with Crippen LogP contribution in [0.2, 0.25) is 0 Å². The molecular formula is C18H23FN2O2. The molecule has 4 nitrogen and oxygen atoms in total. The number of anilines is 1. The van der Waals surface area contributed by atoms with Crippen molar-refractivity contribution in [1.29, 1.82) is 0 Å². The summed E-state index contributed by atoms with van der Waals surface area (Å²) in [7, 11) is 0. The Balaban J connectivity index is 2.03. The van der Waals surface area contributed by atoms with Gasteiger partial charge in [0, 0.05) is 37.3 Å². The average Bonchev–Trinajstić information content (AvgIpc) is 2.54. The molecular weight excluding hydrogens is 295 g/mol. The molecule has 1 aromatic carbocycles. The SMILES string of the molecule is CC/C=C(/C)C(=O)N1CCN(c2ccc(C(C)=O)cc2F)CC1. The predicted octanol–water partition coefficient (Wildman–Crippen LogP) is 3.03. The van der Waals surface area contributed by atoms with Crippen LogP contribution in [0.1, 0.15) is 37.6 Å². The highest BCUT2D eigenvalue weighted by molar-refractivity contribution is 5.94. The van der Waals surface area contributed by atoms with Crippen LogP contribution in [0.3, 0.4) is 0 Å². The maximum absolute atomic E-state index is 14.2. The van der Waals surface area contributed by atoms with Crippen LogP contribution >= 0.6 is 0 Å². The molecule has 1 aliphatic heterocycles. The Morgan fingerprint density at radius 2 is 1.83 bits per heavy atom. The minimum absolute atomic E-state index is 0.0545. The summed E-state index contributed by atoms with van der Waals surface area (Å²) in [5, 5.41) is 0. The number of benzene rings is 1. The van der Waals surface area contributed by atoms with E-state index < -0.39 is 0 Å². The second-order valence-corrected chi connectivity index (χ2v) is 5.80. The number of halogens is 1. The first-order chi connectivity index (χ1) is 10.9. The lowest BCUT2D eigenvalue weighted by Gasteiger charge is -2.36. The van der Waals surface area contributed by atoms with Crippen LogP contribution in [0.25, 0.3) is 0 Å².